The highest BCUT2D eigenvalue weighted by atomic mass is 16.6. The van der Waals surface area contributed by atoms with Crippen molar-refractivity contribution in [1.29, 1.82) is 0 Å². The lowest BCUT2D eigenvalue weighted by atomic mass is 9.56. The average Bonchev–Trinajstić information content (AvgIpc) is 1.51. The first-order valence-electron chi connectivity index (χ1n) is 45.3. The van der Waals surface area contributed by atoms with Gasteiger partial charge in [0.25, 0.3) is 0 Å². The fraction of sp³-hybridized carbons (Fsp3) is 0.957. The van der Waals surface area contributed by atoms with Crippen LogP contribution in [0, 0.1) is 128 Å². The van der Waals surface area contributed by atoms with Gasteiger partial charge in [0.15, 0.2) is 0 Å². The quantitative estimate of drug-likeness (QED) is 0.124. The molecule has 19 aliphatic carbocycles. The number of rotatable bonds is 9. The highest BCUT2D eigenvalue weighted by molar-refractivity contribution is 5.24. The third-order valence-corrected chi connectivity index (χ3v) is 35.8. The molecule has 28 aliphatic rings. The van der Waals surface area contributed by atoms with Crippen molar-refractivity contribution in [3.05, 3.63) is 24.3 Å². The van der Waals surface area contributed by atoms with E-state index >= 15 is 0 Å². The molecule has 26 fully saturated rings. The number of epoxide rings is 8. The molecule has 578 valence electrons. The highest BCUT2D eigenvalue weighted by Crippen LogP contribution is 2.74. The van der Waals surface area contributed by atoms with Crippen LogP contribution < -0.4 is 0 Å². The molecular weight excluding hydrogens is 1280 g/mol. The molecule has 28 rings (SSSR count). The van der Waals surface area contributed by atoms with Crippen molar-refractivity contribution in [3.63, 3.8) is 0 Å². The van der Waals surface area contributed by atoms with E-state index in [9.17, 15) is 0 Å². The number of hydrogen-bond donors (Lipinski definition) is 0. The Balaban J connectivity index is 0.0000000806. The Morgan fingerprint density at radius 2 is 1.16 bits per heavy atom. The van der Waals surface area contributed by atoms with Gasteiger partial charge in [-0.05, 0) is 317 Å². The fourth-order valence-corrected chi connectivity index (χ4v) is 28.8. The molecule has 9 aliphatic heterocycles. The second kappa shape index (κ2) is 28.6. The van der Waals surface area contributed by atoms with Gasteiger partial charge in [-0.25, -0.2) is 0 Å². The fourth-order valence-electron chi connectivity index (χ4n) is 28.8. The Morgan fingerprint density at radius 1 is 0.476 bits per heavy atom. The Kier molecular flexibility index (Phi) is 20.1. The van der Waals surface area contributed by atoms with Crippen LogP contribution in [0.4, 0.5) is 0 Å². The zero-order chi connectivity index (χ0) is 69.8. The van der Waals surface area contributed by atoms with Gasteiger partial charge >= 0.3 is 0 Å². The van der Waals surface area contributed by atoms with E-state index in [1.165, 1.54) is 231 Å². The SMILES string of the molecule is C1=CC2CCC(OCC3CO3)CC2C1.C1C2CC3CC1CC1(C2)OC31.C1CC2CC1C1OC21.C1CCC2C(C1)CC1OC12.C1CCC2C(C1)CCC1OC12.CC1(C)C2CCC1(C)C1OC21.CC1(C)C2CCC1C1(C)OC21.CC1(COCCC2CCC3C=CCC3C2)COC1.CCC1CCC2OC2C1. The van der Waals surface area contributed by atoms with Crippen molar-refractivity contribution in [3.8, 4) is 0 Å². The van der Waals surface area contributed by atoms with Crippen molar-refractivity contribution < 1.29 is 52.1 Å². The van der Waals surface area contributed by atoms with Crippen LogP contribution in [-0.2, 0) is 52.1 Å². The van der Waals surface area contributed by atoms with Gasteiger partial charge < -0.3 is 52.1 Å². The Morgan fingerprint density at radius 3 is 1.77 bits per heavy atom. The molecule has 0 aromatic carbocycles. The van der Waals surface area contributed by atoms with Gasteiger partial charge in [-0.2, -0.15) is 0 Å². The van der Waals surface area contributed by atoms with Crippen molar-refractivity contribution in [2.24, 2.45) is 128 Å². The third kappa shape index (κ3) is 14.7. The molecule has 0 aromatic rings. The van der Waals surface area contributed by atoms with Crippen LogP contribution in [0.1, 0.15) is 287 Å². The number of ether oxygens (including phenoxy) is 11. The molecule has 9 heterocycles. The molecule has 9 saturated heterocycles. The summed E-state index contributed by atoms with van der Waals surface area (Å²) in [6, 6.07) is 0. The average molecular weight is 1430 g/mol. The van der Waals surface area contributed by atoms with E-state index in [0.717, 1.165) is 171 Å². The summed E-state index contributed by atoms with van der Waals surface area (Å²) in [5.74, 6) is 17.3. The summed E-state index contributed by atoms with van der Waals surface area (Å²) in [4.78, 5) is 0. The van der Waals surface area contributed by atoms with Crippen LogP contribution in [0.25, 0.3) is 0 Å². The molecule has 1 spiro atoms. The molecule has 33 unspecified atom stereocenters. The summed E-state index contributed by atoms with van der Waals surface area (Å²) < 4.78 is 61.5. The normalized spacial score (nSPS) is 54.3. The first-order valence-corrected chi connectivity index (χ1v) is 45.3. The van der Waals surface area contributed by atoms with E-state index in [1.807, 2.05) is 0 Å². The summed E-state index contributed by atoms with van der Waals surface area (Å²) in [7, 11) is 0. The maximum atomic E-state index is 5.89. The Bertz CT molecular complexity index is 2960. The summed E-state index contributed by atoms with van der Waals surface area (Å²) in [6.07, 6.45) is 69.9. The number of fused-ring (bicyclic) bond motifs is 24. The predicted octanol–water partition coefficient (Wildman–Crippen LogP) is 19.4. The zero-order valence-electron chi connectivity index (χ0n) is 66.0. The predicted molar refractivity (Wildman–Crippen MR) is 402 cm³/mol. The molecule has 11 heteroatoms. The maximum absolute atomic E-state index is 5.89. The van der Waals surface area contributed by atoms with Crippen LogP contribution in [0.5, 0.6) is 0 Å². The third-order valence-electron chi connectivity index (χ3n) is 35.8. The molecule has 0 N–H and O–H groups in total. The van der Waals surface area contributed by atoms with E-state index in [0.29, 0.717) is 93.9 Å². The monoisotopic (exact) mass is 1430 g/mol. The van der Waals surface area contributed by atoms with Gasteiger partial charge in [-0.15, -0.1) is 0 Å². The van der Waals surface area contributed by atoms with Crippen molar-refractivity contribution in [2.45, 2.75) is 383 Å². The van der Waals surface area contributed by atoms with Crippen molar-refractivity contribution in [2.75, 3.05) is 39.6 Å². The molecule has 0 amide bonds. The molecule has 103 heavy (non-hydrogen) atoms. The number of hydrogen-bond acceptors (Lipinski definition) is 11. The minimum absolute atomic E-state index is 0.312. The van der Waals surface area contributed by atoms with Crippen LogP contribution >= 0.6 is 0 Å². The van der Waals surface area contributed by atoms with E-state index in [2.05, 4.69) is 79.7 Å². The molecule has 0 radical (unpaired) electrons. The van der Waals surface area contributed by atoms with Crippen molar-refractivity contribution >= 4 is 0 Å². The van der Waals surface area contributed by atoms with Gasteiger partial charge in [0.1, 0.15) is 6.10 Å². The summed E-state index contributed by atoms with van der Waals surface area (Å²) >= 11 is 0. The van der Waals surface area contributed by atoms with Gasteiger partial charge in [-0.3, -0.25) is 0 Å². The zero-order valence-corrected chi connectivity index (χ0v) is 66.0. The van der Waals surface area contributed by atoms with E-state index < -0.39 is 0 Å². The Hall–Kier alpha value is -0.960. The Labute approximate surface area is 624 Å². The first kappa shape index (κ1) is 72.3. The maximum Gasteiger partial charge on any atom is 0.104 e. The molecule has 33 atom stereocenters. The first-order chi connectivity index (χ1) is 49.9. The lowest BCUT2D eigenvalue weighted by molar-refractivity contribution is -0.138. The minimum atomic E-state index is 0.312. The summed E-state index contributed by atoms with van der Waals surface area (Å²) in [6.45, 7) is 24.3. The lowest BCUT2D eigenvalue weighted by Gasteiger charge is -2.46. The molecule has 10 bridgehead atoms. The second-order valence-electron chi connectivity index (χ2n) is 42.7. The highest BCUT2D eigenvalue weighted by Gasteiger charge is 2.77. The number of allylic oxidation sites excluding steroid dienone is 4. The molecular formula is C92H144O11. The second-order valence-corrected chi connectivity index (χ2v) is 42.7. The molecule has 17 saturated carbocycles. The van der Waals surface area contributed by atoms with E-state index in [1.54, 1.807) is 0 Å². The van der Waals surface area contributed by atoms with Crippen LogP contribution in [0.15, 0.2) is 24.3 Å². The van der Waals surface area contributed by atoms with Gasteiger partial charge in [-0.1, -0.05) is 111 Å². The lowest BCUT2D eigenvalue weighted by Crippen LogP contribution is -2.44. The topological polar surface area (TPSA) is 128 Å². The van der Waals surface area contributed by atoms with Gasteiger partial charge in [0, 0.05) is 17.4 Å². The van der Waals surface area contributed by atoms with Crippen LogP contribution in [0.3, 0.4) is 0 Å². The summed E-state index contributed by atoms with van der Waals surface area (Å²) in [5, 5.41) is 0. The van der Waals surface area contributed by atoms with Crippen molar-refractivity contribution in [1.82, 2.24) is 0 Å². The molecule has 0 aromatic heterocycles. The van der Waals surface area contributed by atoms with E-state index in [4.69, 9.17) is 52.1 Å². The van der Waals surface area contributed by atoms with Gasteiger partial charge in [0.2, 0.25) is 0 Å². The minimum Gasteiger partial charge on any atom is -0.381 e. The summed E-state index contributed by atoms with van der Waals surface area (Å²) in [5.41, 5.74) is 2.74. The van der Waals surface area contributed by atoms with Crippen LogP contribution in [-0.4, -0.2) is 136 Å². The standard InChI is InChI=1S/C16H26O2.C12H18O2.C10H14O.3C10H16O.C9H14O.C8H14O.C7H10O/c1-16(11-18-12-16)10-17-8-7-13-5-6-14-3-2-4-15(14)9-13;1-2-9-4-5-11(6-10(9)3-1)13-7-12-8-14-12;1-6-2-8-3-7(1)5-10(4-6)9(8)11-10;1-9(2)6-4-5-10(9,3)8-7(6)11-8;1-9(2)6-4-5-7(9)10(3)8(6)11-10;1-2-4-8-7(3-1)5-6-9-10(8)11-9;1-2-4-7-6(3-1)5-8-9(7)10-8;1-2-6-3-4-7-8(5-6)9-7;1-2-5-3-4(1)6-7(5)8-6/h2-3,13-15H,4-12H2,1H3;1-2,9-12H,3-8H2;6-9H,1-5H2;2*6-8H,4-5H2,1-3H3;7-10H,1-6H2;6-9H,1-5H2;6-8H,2-5H2,1H3;4-7H,1-3H2. The van der Waals surface area contributed by atoms with Gasteiger partial charge in [0.05, 0.1) is 124 Å². The van der Waals surface area contributed by atoms with Crippen LogP contribution in [0.2, 0.25) is 0 Å². The largest absolute Gasteiger partial charge is 0.381 e. The smallest absolute Gasteiger partial charge is 0.104 e. The van der Waals surface area contributed by atoms with E-state index in [-0.39, 0.29) is 0 Å². The molecule has 11 nitrogen and oxygen atoms in total.